The maximum absolute atomic E-state index is 14.0. The van der Waals surface area contributed by atoms with E-state index in [0.29, 0.717) is 24.0 Å². The minimum atomic E-state index is -4.63. The number of benzene rings is 2. The summed E-state index contributed by atoms with van der Waals surface area (Å²) in [5.74, 6) is -0.692. The highest BCUT2D eigenvalue weighted by Gasteiger charge is 2.47. The van der Waals surface area contributed by atoms with Gasteiger partial charge in [0.2, 0.25) is 5.91 Å². The van der Waals surface area contributed by atoms with Gasteiger partial charge < -0.3 is 5.32 Å². The van der Waals surface area contributed by atoms with Gasteiger partial charge in [-0.3, -0.25) is 14.9 Å². The molecule has 180 valence electrons. The molecule has 0 saturated heterocycles. The number of carbonyl (C=O) groups is 2. The highest BCUT2D eigenvalue weighted by atomic mass is 19.4. The predicted octanol–water partition coefficient (Wildman–Crippen LogP) is 5.34. The van der Waals surface area contributed by atoms with Gasteiger partial charge in [0.1, 0.15) is 11.6 Å². The van der Waals surface area contributed by atoms with Crippen LogP contribution in [0.1, 0.15) is 62.0 Å². The van der Waals surface area contributed by atoms with Crippen LogP contribution in [0.25, 0.3) is 11.1 Å². The zero-order valence-electron chi connectivity index (χ0n) is 19.4. The molecule has 0 radical (unpaired) electrons. The van der Waals surface area contributed by atoms with Crippen molar-refractivity contribution in [2.75, 3.05) is 0 Å². The van der Waals surface area contributed by atoms with Gasteiger partial charge >= 0.3 is 6.18 Å². The minimum Gasteiger partial charge on any atom is -0.336 e. The number of Topliss-reactive ketones (excluding diaryl/α,β-unsaturated/α-hetero) is 1. The standard InChI is InChI=1S/C26H28F3N3O2/c1-16(2)14-22(24(34)32-25(15-30)12-13-25)31-23(26(27,28)29)21-10-8-20(9-11-21)19-6-4-18(5-7-19)17(3)33/h4-11,16,22-23,31H,12-14H2,1-3H3,(H,32,34)/t22-,23-/m0/s1. The fourth-order valence-electron chi connectivity index (χ4n) is 3.78. The Morgan fingerprint density at radius 3 is 1.97 bits per heavy atom. The number of nitrogens with one attached hydrogen (secondary N) is 2. The molecule has 0 bridgehead atoms. The molecule has 0 spiro atoms. The SMILES string of the molecule is CC(=O)c1ccc(-c2ccc([C@H](N[C@@H](CC(C)C)C(=O)NC3(C#N)CC3)C(F)(F)F)cc2)cc1. The van der Waals surface area contributed by atoms with Crippen LogP contribution in [-0.2, 0) is 4.79 Å². The fourth-order valence-corrected chi connectivity index (χ4v) is 3.78. The van der Waals surface area contributed by atoms with Crippen LogP contribution in [0.5, 0.6) is 0 Å². The van der Waals surface area contributed by atoms with Gasteiger partial charge in [0, 0.05) is 5.56 Å². The maximum atomic E-state index is 14.0. The van der Waals surface area contributed by atoms with Crippen molar-refractivity contribution in [2.45, 2.75) is 63.8 Å². The molecule has 34 heavy (non-hydrogen) atoms. The van der Waals surface area contributed by atoms with Gasteiger partial charge in [-0.05, 0) is 48.8 Å². The van der Waals surface area contributed by atoms with E-state index >= 15 is 0 Å². The van der Waals surface area contributed by atoms with E-state index in [4.69, 9.17) is 0 Å². The highest BCUT2D eigenvalue weighted by Crippen LogP contribution is 2.36. The monoisotopic (exact) mass is 471 g/mol. The Bertz CT molecular complexity index is 1070. The lowest BCUT2D eigenvalue weighted by Crippen LogP contribution is -2.52. The molecular weight excluding hydrogens is 443 g/mol. The predicted molar refractivity (Wildman–Crippen MR) is 123 cm³/mol. The van der Waals surface area contributed by atoms with Gasteiger partial charge in [-0.1, -0.05) is 62.4 Å². The van der Waals surface area contributed by atoms with Crippen LogP contribution in [0.2, 0.25) is 0 Å². The number of nitriles is 1. The van der Waals surface area contributed by atoms with E-state index in [2.05, 4.69) is 10.6 Å². The van der Waals surface area contributed by atoms with Crippen molar-refractivity contribution in [1.82, 2.24) is 10.6 Å². The van der Waals surface area contributed by atoms with Crippen molar-refractivity contribution in [3.8, 4) is 17.2 Å². The molecule has 2 atom stereocenters. The normalized spacial score (nSPS) is 16.4. The molecule has 2 aromatic rings. The molecule has 0 aromatic heterocycles. The number of hydrogen-bond acceptors (Lipinski definition) is 4. The molecule has 0 heterocycles. The van der Waals surface area contributed by atoms with Gasteiger partial charge in [-0.2, -0.15) is 18.4 Å². The Kier molecular flexibility index (Phi) is 7.47. The summed E-state index contributed by atoms with van der Waals surface area (Å²) < 4.78 is 42.1. The second kappa shape index (κ2) is 9.98. The van der Waals surface area contributed by atoms with Crippen molar-refractivity contribution < 1.29 is 22.8 Å². The van der Waals surface area contributed by atoms with Crippen LogP contribution in [0.4, 0.5) is 13.2 Å². The van der Waals surface area contributed by atoms with Crippen molar-refractivity contribution in [3.05, 3.63) is 59.7 Å². The Morgan fingerprint density at radius 1 is 1.03 bits per heavy atom. The average Bonchev–Trinajstić information content (AvgIpc) is 3.55. The molecule has 2 N–H and O–H groups in total. The first kappa shape index (κ1) is 25.4. The van der Waals surface area contributed by atoms with Gasteiger partial charge in [0.25, 0.3) is 0 Å². The van der Waals surface area contributed by atoms with Crippen LogP contribution < -0.4 is 10.6 Å². The van der Waals surface area contributed by atoms with E-state index in [9.17, 15) is 28.0 Å². The lowest BCUT2D eigenvalue weighted by molar-refractivity contribution is -0.161. The molecule has 1 aliphatic rings. The first-order chi connectivity index (χ1) is 15.9. The van der Waals surface area contributed by atoms with Gasteiger partial charge in [0.15, 0.2) is 5.78 Å². The van der Waals surface area contributed by atoms with Crippen molar-refractivity contribution in [2.24, 2.45) is 5.92 Å². The van der Waals surface area contributed by atoms with Crippen LogP contribution in [0.15, 0.2) is 48.5 Å². The quantitative estimate of drug-likeness (QED) is 0.484. The zero-order valence-corrected chi connectivity index (χ0v) is 19.4. The van der Waals surface area contributed by atoms with Crippen LogP contribution >= 0.6 is 0 Å². The van der Waals surface area contributed by atoms with E-state index in [1.165, 1.54) is 19.1 Å². The molecular formula is C26H28F3N3O2. The third-order valence-electron chi connectivity index (χ3n) is 5.91. The smallest absolute Gasteiger partial charge is 0.336 e. The van der Waals surface area contributed by atoms with E-state index in [1.807, 2.05) is 19.9 Å². The van der Waals surface area contributed by atoms with Crippen LogP contribution in [-0.4, -0.2) is 29.4 Å². The Hall–Kier alpha value is -3.18. The lowest BCUT2D eigenvalue weighted by atomic mass is 9.97. The van der Waals surface area contributed by atoms with E-state index < -0.39 is 29.7 Å². The second-order valence-corrected chi connectivity index (χ2v) is 9.26. The van der Waals surface area contributed by atoms with Crippen molar-refractivity contribution >= 4 is 11.7 Å². The van der Waals surface area contributed by atoms with Gasteiger partial charge in [-0.25, -0.2) is 0 Å². The van der Waals surface area contributed by atoms with E-state index in [-0.39, 0.29) is 23.7 Å². The largest absolute Gasteiger partial charge is 0.407 e. The van der Waals surface area contributed by atoms with Gasteiger partial charge in [-0.15, -0.1) is 0 Å². The molecule has 1 fully saturated rings. The van der Waals surface area contributed by atoms with E-state index in [0.717, 1.165) is 5.56 Å². The van der Waals surface area contributed by atoms with Gasteiger partial charge in [0.05, 0.1) is 12.1 Å². The molecule has 1 aliphatic carbocycles. The summed E-state index contributed by atoms with van der Waals surface area (Å²) in [5, 5.41) is 14.4. The lowest BCUT2D eigenvalue weighted by Gasteiger charge is -2.29. The Balaban J connectivity index is 1.83. The average molecular weight is 472 g/mol. The number of nitrogens with zero attached hydrogens (tertiary/aromatic N) is 1. The number of hydrogen-bond donors (Lipinski definition) is 2. The van der Waals surface area contributed by atoms with Crippen molar-refractivity contribution in [1.29, 1.82) is 5.26 Å². The molecule has 0 aliphatic heterocycles. The van der Waals surface area contributed by atoms with E-state index in [1.54, 1.807) is 36.4 Å². The second-order valence-electron chi connectivity index (χ2n) is 9.26. The summed E-state index contributed by atoms with van der Waals surface area (Å²) in [6, 6.07) is 11.7. The molecule has 2 aromatic carbocycles. The summed E-state index contributed by atoms with van der Waals surface area (Å²) >= 11 is 0. The number of amides is 1. The molecule has 5 nitrogen and oxygen atoms in total. The molecule has 1 saturated carbocycles. The van der Waals surface area contributed by atoms with Crippen molar-refractivity contribution in [3.63, 3.8) is 0 Å². The van der Waals surface area contributed by atoms with Crippen LogP contribution in [0.3, 0.4) is 0 Å². The molecule has 1 amide bonds. The third kappa shape index (κ3) is 6.23. The summed E-state index contributed by atoms with van der Waals surface area (Å²) in [5.41, 5.74) is 1.07. The first-order valence-electron chi connectivity index (χ1n) is 11.2. The topological polar surface area (TPSA) is 82.0 Å². The molecule has 3 rings (SSSR count). The number of ketones is 1. The Morgan fingerprint density at radius 2 is 1.56 bits per heavy atom. The first-order valence-corrected chi connectivity index (χ1v) is 11.2. The Labute approximate surface area is 197 Å². The minimum absolute atomic E-state index is 0.0143. The van der Waals surface area contributed by atoms with Crippen LogP contribution in [0, 0.1) is 17.2 Å². The maximum Gasteiger partial charge on any atom is 0.407 e. The molecule has 0 unspecified atom stereocenters. The molecule has 8 heteroatoms. The zero-order chi connectivity index (χ0) is 25.1. The number of rotatable bonds is 9. The number of carbonyl (C=O) groups excluding carboxylic acids is 2. The summed E-state index contributed by atoms with van der Waals surface area (Å²) in [6.45, 7) is 5.12. The third-order valence-corrected chi connectivity index (χ3v) is 5.91. The fraction of sp³-hybridized carbons (Fsp3) is 0.423. The number of alkyl halides is 3. The summed E-state index contributed by atoms with van der Waals surface area (Å²) in [4.78, 5) is 24.2. The highest BCUT2D eigenvalue weighted by molar-refractivity contribution is 5.94. The number of halogens is 3. The summed E-state index contributed by atoms with van der Waals surface area (Å²) in [6.07, 6.45) is -3.43. The summed E-state index contributed by atoms with van der Waals surface area (Å²) in [7, 11) is 0.